The summed E-state index contributed by atoms with van der Waals surface area (Å²) < 4.78 is 12.6. The maximum Gasteiger partial charge on any atom is 0.222 e. The molecule has 0 radical (unpaired) electrons. The molecule has 0 aliphatic rings. The summed E-state index contributed by atoms with van der Waals surface area (Å²) in [6.07, 6.45) is 3.41. The Morgan fingerprint density at radius 2 is 1.26 bits per heavy atom. The van der Waals surface area contributed by atoms with Gasteiger partial charge in [0.15, 0.2) is 0 Å². The topological polar surface area (TPSA) is 44.2 Å². The van der Waals surface area contributed by atoms with Crippen LogP contribution in [0, 0.1) is 13.8 Å². The predicted octanol–water partition coefficient (Wildman–Crippen LogP) is 5.44. The van der Waals surface area contributed by atoms with Crippen molar-refractivity contribution in [3.63, 3.8) is 0 Å². The zero-order chi connectivity index (χ0) is 16.2. The quantitative estimate of drug-likeness (QED) is 0.613. The van der Waals surface area contributed by atoms with Crippen LogP contribution in [0.3, 0.4) is 0 Å². The van der Waals surface area contributed by atoms with Crippen LogP contribution in [-0.2, 0) is 0 Å². The summed E-state index contributed by atoms with van der Waals surface area (Å²) in [5.74, 6) is 2.44. The number of pyridine rings is 2. The second-order valence-corrected chi connectivity index (χ2v) is 5.99. The Kier molecular flexibility index (Phi) is 4.57. The number of hydrogen-bond donors (Lipinski definition) is 0. The first-order chi connectivity index (χ1) is 11.1. The highest BCUT2D eigenvalue weighted by Crippen LogP contribution is 2.32. The molecule has 0 aliphatic heterocycles. The van der Waals surface area contributed by atoms with Crippen LogP contribution in [0.2, 0.25) is 0 Å². The van der Waals surface area contributed by atoms with Crippen LogP contribution in [0.4, 0.5) is 0 Å². The van der Waals surface area contributed by atoms with Crippen LogP contribution in [0.5, 0.6) is 23.3 Å². The van der Waals surface area contributed by atoms with Crippen molar-refractivity contribution in [1.29, 1.82) is 0 Å². The van der Waals surface area contributed by atoms with Gasteiger partial charge in [-0.3, -0.25) is 0 Å². The van der Waals surface area contributed by atoms with Gasteiger partial charge in [-0.1, -0.05) is 28.1 Å². The maximum atomic E-state index is 5.86. The zero-order valence-electron chi connectivity index (χ0n) is 12.8. The number of ether oxygens (including phenoxy) is 2. The number of nitrogens with zero attached hydrogens (tertiary/aromatic N) is 2. The smallest absolute Gasteiger partial charge is 0.222 e. The molecular weight excluding hydrogens is 356 g/mol. The third kappa shape index (κ3) is 3.87. The van der Waals surface area contributed by atoms with Crippen LogP contribution < -0.4 is 9.47 Å². The van der Waals surface area contributed by atoms with Crippen LogP contribution in [-0.4, -0.2) is 9.97 Å². The maximum absolute atomic E-state index is 5.86. The van der Waals surface area contributed by atoms with Gasteiger partial charge in [0.25, 0.3) is 0 Å². The fourth-order valence-electron chi connectivity index (χ4n) is 2.03. The van der Waals surface area contributed by atoms with E-state index in [1.54, 1.807) is 12.4 Å². The van der Waals surface area contributed by atoms with Crippen molar-refractivity contribution in [3.05, 3.63) is 70.5 Å². The predicted molar refractivity (Wildman–Crippen MR) is 92.2 cm³/mol. The number of benzene rings is 1. The second-order valence-electron chi connectivity index (χ2n) is 5.08. The Hall–Kier alpha value is -2.40. The average molecular weight is 371 g/mol. The normalized spacial score (nSPS) is 10.4. The van der Waals surface area contributed by atoms with Crippen LogP contribution in [0.1, 0.15) is 11.1 Å². The highest BCUT2D eigenvalue weighted by Gasteiger charge is 2.08. The molecular formula is C18H15BrN2O2. The van der Waals surface area contributed by atoms with Gasteiger partial charge in [0, 0.05) is 34.1 Å². The highest BCUT2D eigenvalue weighted by atomic mass is 79.9. The summed E-state index contributed by atoms with van der Waals surface area (Å²) >= 11 is 3.48. The second kappa shape index (κ2) is 6.79. The van der Waals surface area contributed by atoms with Gasteiger partial charge in [-0.25, -0.2) is 9.97 Å². The van der Waals surface area contributed by atoms with E-state index in [-0.39, 0.29) is 0 Å². The van der Waals surface area contributed by atoms with Crippen molar-refractivity contribution < 1.29 is 9.47 Å². The van der Waals surface area contributed by atoms with Crippen molar-refractivity contribution >= 4 is 15.9 Å². The fourth-order valence-corrected chi connectivity index (χ4v) is 2.49. The van der Waals surface area contributed by atoms with E-state index in [1.165, 1.54) is 0 Å². The third-order valence-electron chi connectivity index (χ3n) is 3.20. The van der Waals surface area contributed by atoms with Gasteiger partial charge in [-0.15, -0.1) is 0 Å². The first-order valence-corrected chi connectivity index (χ1v) is 7.90. The van der Waals surface area contributed by atoms with E-state index < -0.39 is 0 Å². The fraction of sp³-hybridized carbons (Fsp3) is 0.111. The lowest BCUT2D eigenvalue weighted by Gasteiger charge is -2.11. The molecule has 116 valence electrons. The van der Waals surface area contributed by atoms with Crippen LogP contribution in [0.25, 0.3) is 0 Å². The van der Waals surface area contributed by atoms with Gasteiger partial charge < -0.3 is 9.47 Å². The molecule has 23 heavy (non-hydrogen) atoms. The molecule has 0 amide bonds. The third-order valence-corrected chi connectivity index (χ3v) is 3.65. The molecule has 0 unspecified atom stereocenters. The number of hydrogen-bond acceptors (Lipinski definition) is 4. The highest BCUT2D eigenvalue weighted by molar-refractivity contribution is 9.10. The van der Waals surface area contributed by atoms with E-state index in [1.807, 2.05) is 56.3 Å². The lowest BCUT2D eigenvalue weighted by atomic mass is 10.3. The van der Waals surface area contributed by atoms with E-state index >= 15 is 0 Å². The molecule has 0 saturated heterocycles. The zero-order valence-corrected chi connectivity index (χ0v) is 14.4. The van der Waals surface area contributed by atoms with E-state index in [0.29, 0.717) is 23.3 Å². The van der Waals surface area contributed by atoms with Gasteiger partial charge >= 0.3 is 0 Å². The minimum Gasteiger partial charge on any atom is -0.439 e. The van der Waals surface area contributed by atoms with E-state index in [0.717, 1.165) is 15.6 Å². The van der Waals surface area contributed by atoms with Gasteiger partial charge in [-0.2, -0.15) is 0 Å². The van der Waals surface area contributed by atoms with Gasteiger partial charge in [-0.05, 0) is 38.1 Å². The van der Waals surface area contributed by atoms with E-state index in [4.69, 9.17) is 9.47 Å². The molecule has 4 nitrogen and oxygen atoms in total. The first-order valence-electron chi connectivity index (χ1n) is 7.11. The van der Waals surface area contributed by atoms with Crippen LogP contribution >= 0.6 is 15.9 Å². The monoisotopic (exact) mass is 370 g/mol. The standard InChI is InChI=1S/C18H15BrN2O2/c1-12-5-3-7-20-17(12)22-15-9-14(19)10-16(11-15)23-18-13(2)6-4-8-21-18/h3-11H,1-2H3. The van der Waals surface area contributed by atoms with Gasteiger partial charge in [0.05, 0.1) is 0 Å². The van der Waals surface area contributed by atoms with Crippen molar-refractivity contribution in [1.82, 2.24) is 9.97 Å². The molecule has 5 heteroatoms. The molecule has 0 spiro atoms. The van der Waals surface area contributed by atoms with Crippen molar-refractivity contribution in [2.45, 2.75) is 13.8 Å². The molecule has 0 N–H and O–H groups in total. The number of halogens is 1. The lowest BCUT2D eigenvalue weighted by molar-refractivity contribution is 0.437. The molecule has 0 aliphatic carbocycles. The molecule has 0 saturated carbocycles. The molecule has 2 heterocycles. The van der Waals surface area contributed by atoms with Gasteiger partial charge in [0.2, 0.25) is 11.8 Å². The first kappa shape index (κ1) is 15.5. The Bertz CT molecular complexity index is 771. The summed E-state index contributed by atoms with van der Waals surface area (Å²) in [5.41, 5.74) is 1.94. The molecule has 3 rings (SSSR count). The summed E-state index contributed by atoms with van der Waals surface area (Å²) in [6.45, 7) is 3.91. The van der Waals surface area contributed by atoms with Gasteiger partial charge in [0.1, 0.15) is 11.5 Å². The Morgan fingerprint density at radius 3 is 1.70 bits per heavy atom. The largest absolute Gasteiger partial charge is 0.439 e. The number of rotatable bonds is 4. The molecule has 3 aromatic rings. The Balaban J connectivity index is 1.88. The average Bonchev–Trinajstić information content (AvgIpc) is 2.51. The summed E-state index contributed by atoms with van der Waals surface area (Å²) in [5, 5.41) is 0. The molecule has 1 aromatic carbocycles. The molecule has 0 bridgehead atoms. The minimum atomic E-state index is 0.575. The Labute approximate surface area is 143 Å². The number of aryl methyl sites for hydroxylation is 2. The Morgan fingerprint density at radius 1 is 0.783 bits per heavy atom. The number of aromatic nitrogens is 2. The summed E-state index contributed by atoms with van der Waals surface area (Å²) in [7, 11) is 0. The van der Waals surface area contributed by atoms with Crippen LogP contribution in [0.15, 0.2) is 59.3 Å². The van der Waals surface area contributed by atoms with E-state index in [9.17, 15) is 0 Å². The molecule has 2 aromatic heterocycles. The molecule has 0 atom stereocenters. The van der Waals surface area contributed by atoms with E-state index in [2.05, 4.69) is 25.9 Å². The van der Waals surface area contributed by atoms with Crippen molar-refractivity contribution in [3.8, 4) is 23.3 Å². The summed E-state index contributed by atoms with van der Waals surface area (Å²) in [6, 6.07) is 13.2. The van der Waals surface area contributed by atoms with Crippen molar-refractivity contribution in [2.75, 3.05) is 0 Å². The minimum absolute atomic E-state index is 0.575. The lowest BCUT2D eigenvalue weighted by Crippen LogP contribution is -1.93. The molecule has 0 fully saturated rings. The SMILES string of the molecule is Cc1cccnc1Oc1cc(Br)cc(Oc2ncccc2C)c1. The summed E-state index contributed by atoms with van der Waals surface area (Å²) in [4.78, 5) is 8.48. The van der Waals surface area contributed by atoms with Crippen molar-refractivity contribution in [2.24, 2.45) is 0 Å².